The molecule has 0 heterocycles. The molecule has 0 aliphatic heterocycles. The number of phenols is 2. The Labute approximate surface area is 148 Å². The van der Waals surface area contributed by atoms with Gasteiger partial charge in [0, 0.05) is 12.7 Å². The second-order valence-electron chi connectivity index (χ2n) is 5.04. The van der Waals surface area contributed by atoms with Crippen molar-refractivity contribution in [3.05, 3.63) is 57.6 Å². The number of allylic oxidation sites excluding steroid dienone is 1. The normalized spacial score (nSPS) is 11.0. The molecule has 6 heteroatoms. The van der Waals surface area contributed by atoms with Gasteiger partial charge in [-0.2, -0.15) is 0 Å². The maximum atomic E-state index is 12.4. The van der Waals surface area contributed by atoms with E-state index in [2.05, 4.69) is 15.9 Å². The topological polar surface area (TPSA) is 76.0 Å². The number of halogens is 1. The Hall–Kier alpha value is -2.31. The summed E-state index contributed by atoms with van der Waals surface area (Å²) in [4.78, 5) is 12.4. The number of carbonyl (C=O) groups excluding carboxylic acids is 1. The van der Waals surface area contributed by atoms with E-state index in [1.807, 2.05) is 0 Å². The van der Waals surface area contributed by atoms with Crippen LogP contribution in [0.3, 0.4) is 0 Å². The Bertz CT molecular complexity index is 783. The van der Waals surface area contributed by atoms with Crippen LogP contribution in [0, 0.1) is 0 Å². The van der Waals surface area contributed by atoms with Crippen LogP contribution in [0.2, 0.25) is 0 Å². The van der Waals surface area contributed by atoms with E-state index in [1.165, 1.54) is 19.3 Å². The molecule has 0 aromatic heterocycles. The van der Waals surface area contributed by atoms with Gasteiger partial charge in [0.25, 0.3) is 0 Å². The summed E-state index contributed by atoms with van der Waals surface area (Å²) in [6.07, 6.45) is 3.00. The number of carbonyl (C=O) groups is 1. The largest absolute Gasteiger partial charge is 0.507 e. The van der Waals surface area contributed by atoms with E-state index in [0.717, 1.165) is 0 Å². The molecule has 0 fully saturated rings. The molecular weight excluding hydrogens is 376 g/mol. The quantitative estimate of drug-likeness (QED) is 0.575. The number of hydrogen-bond acceptors (Lipinski definition) is 5. The summed E-state index contributed by atoms with van der Waals surface area (Å²) < 4.78 is 10.4. The van der Waals surface area contributed by atoms with Crippen molar-refractivity contribution in [2.75, 3.05) is 14.2 Å². The molecule has 2 N–H and O–H groups in total. The highest BCUT2D eigenvalue weighted by Gasteiger charge is 2.13. The summed E-state index contributed by atoms with van der Waals surface area (Å²) in [5.74, 6) is 0.0567. The van der Waals surface area contributed by atoms with E-state index in [-0.39, 0.29) is 17.3 Å². The van der Waals surface area contributed by atoms with Gasteiger partial charge in [-0.25, -0.2) is 0 Å². The van der Waals surface area contributed by atoms with E-state index in [9.17, 15) is 15.0 Å². The van der Waals surface area contributed by atoms with Gasteiger partial charge in [0.2, 0.25) is 0 Å². The first kappa shape index (κ1) is 18.0. The molecule has 0 aliphatic rings. The van der Waals surface area contributed by atoms with Crippen molar-refractivity contribution >= 4 is 27.8 Å². The minimum atomic E-state index is -0.276. The number of aromatic hydroxyl groups is 2. The molecule has 0 bridgehead atoms. The second-order valence-corrected chi connectivity index (χ2v) is 5.83. The highest BCUT2D eigenvalue weighted by Crippen LogP contribution is 2.31. The van der Waals surface area contributed by atoms with Gasteiger partial charge in [0.1, 0.15) is 5.75 Å². The summed E-state index contributed by atoms with van der Waals surface area (Å²) >= 11 is 3.23. The van der Waals surface area contributed by atoms with Gasteiger partial charge in [0.05, 0.1) is 18.2 Å². The summed E-state index contributed by atoms with van der Waals surface area (Å²) in [7, 11) is 2.99. The molecule has 0 spiro atoms. The minimum absolute atomic E-state index is 0.0207. The first-order chi connectivity index (χ1) is 11.5. The van der Waals surface area contributed by atoms with E-state index >= 15 is 0 Å². The van der Waals surface area contributed by atoms with Crippen LogP contribution in [0.15, 0.2) is 40.9 Å². The second kappa shape index (κ2) is 7.99. The van der Waals surface area contributed by atoms with Crippen molar-refractivity contribution in [2.24, 2.45) is 0 Å². The van der Waals surface area contributed by atoms with Crippen LogP contribution in [0.25, 0.3) is 6.08 Å². The van der Waals surface area contributed by atoms with Crippen molar-refractivity contribution in [1.29, 1.82) is 0 Å². The van der Waals surface area contributed by atoms with Crippen molar-refractivity contribution in [3.8, 4) is 17.2 Å². The predicted octanol–water partition coefficient (Wildman–Crippen LogP) is 3.91. The smallest absolute Gasteiger partial charge is 0.187 e. The fourth-order valence-electron chi connectivity index (χ4n) is 2.16. The lowest BCUT2D eigenvalue weighted by molar-refractivity contribution is 0.104. The zero-order valence-corrected chi connectivity index (χ0v) is 14.8. The van der Waals surface area contributed by atoms with Gasteiger partial charge < -0.3 is 19.7 Å². The molecule has 0 aliphatic carbocycles. The zero-order chi connectivity index (χ0) is 17.7. The molecule has 0 saturated heterocycles. The molecular formula is C18H17BrO5. The molecule has 24 heavy (non-hydrogen) atoms. The minimum Gasteiger partial charge on any atom is -0.507 e. The molecule has 0 radical (unpaired) electrons. The Morgan fingerprint density at radius 1 is 1.17 bits per heavy atom. The number of ketones is 1. The number of benzene rings is 2. The van der Waals surface area contributed by atoms with Gasteiger partial charge in [-0.15, -0.1) is 0 Å². The summed E-state index contributed by atoms with van der Waals surface area (Å²) in [6.45, 7) is 0.292. The molecule has 0 amide bonds. The number of hydrogen-bond donors (Lipinski definition) is 2. The molecule has 126 valence electrons. The van der Waals surface area contributed by atoms with E-state index in [0.29, 0.717) is 33.5 Å². The Morgan fingerprint density at radius 2 is 1.92 bits per heavy atom. The van der Waals surface area contributed by atoms with E-state index in [1.54, 1.807) is 37.5 Å². The highest BCUT2D eigenvalue weighted by atomic mass is 79.9. The molecule has 0 saturated carbocycles. The molecule has 2 aromatic carbocycles. The van der Waals surface area contributed by atoms with Crippen LogP contribution in [0.5, 0.6) is 17.2 Å². The van der Waals surface area contributed by atoms with Crippen LogP contribution in [-0.4, -0.2) is 30.2 Å². The molecule has 2 rings (SSSR count). The zero-order valence-electron chi connectivity index (χ0n) is 13.2. The SMILES string of the molecule is COCc1cc(O)c(Br)c(C(=O)/C=C/c2ccc(O)c(OC)c2)c1. The lowest BCUT2D eigenvalue weighted by Crippen LogP contribution is -1.99. The van der Waals surface area contributed by atoms with Crippen LogP contribution < -0.4 is 4.74 Å². The maximum absolute atomic E-state index is 12.4. The summed E-state index contributed by atoms with van der Waals surface area (Å²) in [5, 5.41) is 19.5. The highest BCUT2D eigenvalue weighted by molar-refractivity contribution is 9.10. The standard InChI is InChI=1S/C18H17BrO5/c1-23-10-12-7-13(18(19)16(22)8-12)14(20)5-3-11-4-6-15(21)17(9-11)24-2/h3-9,21-22H,10H2,1-2H3/b5-3+. The van der Waals surface area contributed by atoms with Gasteiger partial charge in [0.15, 0.2) is 17.3 Å². The third-order valence-electron chi connectivity index (χ3n) is 3.32. The van der Waals surface area contributed by atoms with Crippen LogP contribution in [0.4, 0.5) is 0 Å². The number of rotatable bonds is 6. The Kier molecular flexibility index (Phi) is 6.00. The number of methoxy groups -OCH3 is 2. The first-order valence-electron chi connectivity index (χ1n) is 7.06. The van der Waals surface area contributed by atoms with Gasteiger partial charge >= 0.3 is 0 Å². The van der Waals surface area contributed by atoms with E-state index < -0.39 is 0 Å². The summed E-state index contributed by atoms with van der Waals surface area (Å²) in [5.41, 5.74) is 1.73. The molecule has 5 nitrogen and oxygen atoms in total. The van der Waals surface area contributed by atoms with Crippen molar-refractivity contribution < 1.29 is 24.5 Å². The van der Waals surface area contributed by atoms with Crippen LogP contribution >= 0.6 is 15.9 Å². The van der Waals surface area contributed by atoms with Crippen molar-refractivity contribution in [1.82, 2.24) is 0 Å². The Morgan fingerprint density at radius 3 is 2.58 bits per heavy atom. The summed E-state index contributed by atoms with van der Waals surface area (Å²) in [6, 6.07) is 7.97. The third-order valence-corrected chi connectivity index (χ3v) is 4.15. The predicted molar refractivity (Wildman–Crippen MR) is 94.5 cm³/mol. The van der Waals surface area contributed by atoms with Gasteiger partial charge in [-0.3, -0.25) is 4.79 Å². The Balaban J connectivity index is 2.29. The number of phenolic OH excluding ortho intramolecular Hbond substituents is 2. The van der Waals surface area contributed by atoms with Gasteiger partial charge in [-0.1, -0.05) is 12.1 Å². The fourth-order valence-corrected chi connectivity index (χ4v) is 2.58. The van der Waals surface area contributed by atoms with Crippen LogP contribution in [0.1, 0.15) is 21.5 Å². The van der Waals surface area contributed by atoms with E-state index in [4.69, 9.17) is 9.47 Å². The van der Waals surface area contributed by atoms with Crippen molar-refractivity contribution in [3.63, 3.8) is 0 Å². The lowest BCUT2D eigenvalue weighted by Gasteiger charge is -2.07. The monoisotopic (exact) mass is 392 g/mol. The molecule has 2 aromatic rings. The lowest BCUT2D eigenvalue weighted by atomic mass is 10.1. The average molecular weight is 393 g/mol. The fraction of sp³-hybridized carbons (Fsp3) is 0.167. The average Bonchev–Trinajstić information content (AvgIpc) is 2.57. The molecule has 0 unspecified atom stereocenters. The maximum Gasteiger partial charge on any atom is 0.187 e. The van der Waals surface area contributed by atoms with Crippen molar-refractivity contribution in [2.45, 2.75) is 6.61 Å². The third kappa shape index (κ3) is 4.15. The van der Waals surface area contributed by atoms with Gasteiger partial charge in [-0.05, 0) is 57.4 Å². The number of ether oxygens (including phenoxy) is 2. The first-order valence-corrected chi connectivity index (χ1v) is 7.85. The van der Waals surface area contributed by atoms with Crippen LogP contribution in [-0.2, 0) is 11.3 Å². The molecule has 0 atom stereocenters.